The lowest BCUT2D eigenvalue weighted by Crippen LogP contribution is -2.49. The number of hydrogen-bond donors (Lipinski definition) is 1. The molecule has 1 fully saturated rings. The summed E-state index contributed by atoms with van der Waals surface area (Å²) in [6, 6.07) is 4.27. The van der Waals surface area contributed by atoms with Crippen molar-refractivity contribution in [1.29, 1.82) is 0 Å². The van der Waals surface area contributed by atoms with Crippen molar-refractivity contribution in [2.24, 2.45) is 0 Å². The zero-order chi connectivity index (χ0) is 15.5. The van der Waals surface area contributed by atoms with E-state index in [0.29, 0.717) is 6.54 Å². The van der Waals surface area contributed by atoms with Crippen LogP contribution >= 0.6 is 0 Å². The second-order valence-electron chi connectivity index (χ2n) is 6.67. The van der Waals surface area contributed by atoms with Crippen LogP contribution in [0, 0.1) is 0 Å². The monoisotopic (exact) mass is 294 g/mol. The molecule has 0 bridgehead atoms. The van der Waals surface area contributed by atoms with E-state index >= 15 is 0 Å². The van der Waals surface area contributed by atoms with Crippen molar-refractivity contribution >= 4 is 6.09 Å². The van der Waals surface area contributed by atoms with Gasteiger partial charge in [0.05, 0.1) is 12.3 Å². The Hall–Kier alpha value is -1.49. The van der Waals surface area contributed by atoms with Gasteiger partial charge in [-0.25, -0.2) is 4.79 Å². The predicted molar refractivity (Wildman–Crippen MR) is 81.1 cm³/mol. The lowest BCUT2D eigenvalue weighted by Gasteiger charge is -2.35. The van der Waals surface area contributed by atoms with E-state index < -0.39 is 5.60 Å². The maximum absolute atomic E-state index is 12.1. The van der Waals surface area contributed by atoms with Gasteiger partial charge in [0.1, 0.15) is 11.4 Å². The summed E-state index contributed by atoms with van der Waals surface area (Å²) in [7, 11) is 0. The van der Waals surface area contributed by atoms with Gasteiger partial charge in [0.2, 0.25) is 0 Å². The number of nitrogens with zero attached hydrogens (tertiary/aromatic N) is 1. The molecule has 0 spiro atoms. The van der Waals surface area contributed by atoms with Crippen LogP contribution in [0.15, 0.2) is 22.8 Å². The van der Waals surface area contributed by atoms with E-state index in [1.807, 2.05) is 32.9 Å². The molecule has 1 N–H and O–H groups in total. The molecular formula is C16H26N2O3. The third-order valence-electron chi connectivity index (χ3n) is 3.53. The van der Waals surface area contributed by atoms with Gasteiger partial charge in [-0.05, 0) is 52.7 Å². The summed E-state index contributed by atoms with van der Waals surface area (Å²) in [5, 5.41) is 3.53. The Morgan fingerprint density at radius 3 is 2.90 bits per heavy atom. The third-order valence-corrected chi connectivity index (χ3v) is 3.53. The predicted octanol–water partition coefficient (Wildman–Crippen LogP) is 3.33. The first kappa shape index (κ1) is 15.9. The average Bonchev–Trinajstić information content (AvgIpc) is 2.91. The van der Waals surface area contributed by atoms with Crippen molar-refractivity contribution in [3.63, 3.8) is 0 Å². The molecule has 2 atom stereocenters. The van der Waals surface area contributed by atoms with E-state index in [1.165, 1.54) is 0 Å². The number of amides is 1. The number of likely N-dealkylation sites (tertiary alicyclic amines) is 1. The van der Waals surface area contributed by atoms with Gasteiger partial charge in [-0.15, -0.1) is 0 Å². The molecule has 5 heteroatoms. The number of nitrogens with one attached hydrogen (secondary N) is 1. The number of hydrogen-bond acceptors (Lipinski definition) is 4. The Kier molecular flexibility index (Phi) is 4.93. The molecule has 2 rings (SSSR count). The Labute approximate surface area is 126 Å². The van der Waals surface area contributed by atoms with Gasteiger partial charge in [-0.3, -0.25) is 0 Å². The fourth-order valence-corrected chi connectivity index (χ4v) is 2.58. The van der Waals surface area contributed by atoms with Crippen molar-refractivity contribution in [3.8, 4) is 0 Å². The van der Waals surface area contributed by atoms with Crippen LogP contribution in [0.5, 0.6) is 0 Å². The minimum absolute atomic E-state index is 0.142. The van der Waals surface area contributed by atoms with Gasteiger partial charge in [-0.1, -0.05) is 0 Å². The fourth-order valence-electron chi connectivity index (χ4n) is 2.58. The minimum atomic E-state index is -0.446. The molecule has 2 heterocycles. The van der Waals surface area contributed by atoms with Crippen molar-refractivity contribution in [2.75, 3.05) is 13.1 Å². The number of piperidine rings is 1. The summed E-state index contributed by atoms with van der Waals surface area (Å²) in [6.45, 7) is 9.20. The summed E-state index contributed by atoms with van der Waals surface area (Å²) in [5.41, 5.74) is -0.446. The molecule has 1 aliphatic rings. The van der Waals surface area contributed by atoms with Gasteiger partial charge < -0.3 is 19.4 Å². The Morgan fingerprint density at radius 2 is 2.29 bits per heavy atom. The lowest BCUT2D eigenvalue weighted by molar-refractivity contribution is 0.0183. The van der Waals surface area contributed by atoms with E-state index in [-0.39, 0.29) is 18.2 Å². The highest BCUT2D eigenvalue weighted by Crippen LogP contribution is 2.19. The SMILES string of the molecule is C[C@H](NC1CCCN(C(=O)OC(C)(C)C)C1)c1ccco1. The topological polar surface area (TPSA) is 54.7 Å². The van der Waals surface area contributed by atoms with Crippen molar-refractivity contribution in [1.82, 2.24) is 10.2 Å². The van der Waals surface area contributed by atoms with Crippen LogP contribution in [0.4, 0.5) is 4.79 Å². The number of rotatable bonds is 3. The molecule has 1 amide bonds. The Balaban J connectivity index is 1.87. The first-order valence-electron chi connectivity index (χ1n) is 7.62. The molecule has 118 valence electrons. The maximum Gasteiger partial charge on any atom is 0.410 e. The van der Waals surface area contributed by atoms with Gasteiger partial charge in [0.25, 0.3) is 0 Å². The third kappa shape index (κ3) is 4.77. The molecule has 0 aliphatic carbocycles. The first-order chi connectivity index (χ1) is 9.85. The van der Waals surface area contributed by atoms with Crippen molar-refractivity contribution in [3.05, 3.63) is 24.2 Å². The van der Waals surface area contributed by atoms with E-state index in [2.05, 4.69) is 12.2 Å². The summed E-state index contributed by atoms with van der Waals surface area (Å²) in [6.07, 6.45) is 3.51. The zero-order valence-electron chi connectivity index (χ0n) is 13.4. The van der Waals surface area contributed by atoms with Crippen LogP contribution in [0.25, 0.3) is 0 Å². The molecular weight excluding hydrogens is 268 g/mol. The molecule has 1 saturated heterocycles. The Bertz CT molecular complexity index is 451. The van der Waals surface area contributed by atoms with Crippen molar-refractivity contribution < 1.29 is 13.9 Å². The van der Waals surface area contributed by atoms with Gasteiger partial charge in [0, 0.05) is 19.1 Å². The highest BCUT2D eigenvalue weighted by atomic mass is 16.6. The summed E-state index contributed by atoms with van der Waals surface area (Å²) < 4.78 is 10.9. The van der Waals surface area contributed by atoms with E-state index in [1.54, 1.807) is 11.2 Å². The number of furan rings is 1. The summed E-state index contributed by atoms with van der Waals surface area (Å²) in [5.74, 6) is 0.921. The largest absolute Gasteiger partial charge is 0.468 e. The molecule has 1 aromatic heterocycles. The average molecular weight is 294 g/mol. The molecule has 0 saturated carbocycles. The van der Waals surface area contributed by atoms with Crippen LogP contribution in [-0.4, -0.2) is 35.7 Å². The fraction of sp³-hybridized carbons (Fsp3) is 0.688. The number of ether oxygens (including phenoxy) is 1. The zero-order valence-corrected chi connectivity index (χ0v) is 13.4. The van der Waals surface area contributed by atoms with Crippen LogP contribution in [0.3, 0.4) is 0 Å². The van der Waals surface area contributed by atoms with E-state index in [9.17, 15) is 4.79 Å². The summed E-state index contributed by atoms with van der Waals surface area (Å²) >= 11 is 0. The van der Waals surface area contributed by atoms with E-state index in [0.717, 1.165) is 25.1 Å². The van der Waals surface area contributed by atoms with Crippen molar-refractivity contribution in [2.45, 2.75) is 58.2 Å². The van der Waals surface area contributed by atoms with Gasteiger partial charge in [-0.2, -0.15) is 0 Å². The second-order valence-corrected chi connectivity index (χ2v) is 6.67. The lowest BCUT2D eigenvalue weighted by atomic mass is 10.0. The maximum atomic E-state index is 12.1. The molecule has 1 unspecified atom stereocenters. The van der Waals surface area contributed by atoms with Gasteiger partial charge in [0.15, 0.2) is 0 Å². The quantitative estimate of drug-likeness (QED) is 0.929. The molecule has 21 heavy (non-hydrogen) atoms. The second kappa shape index (κ2) is 6.52. The van der Waals surface area contributed by atoms with Gasteiger partial charge >= 0.3 is 6.09 Å². The smallest absolute Gasteiger partial charge is 0.410 e. The highest BCUT2D eigenvalue weighted by molar-refractivity contribution is 5.68. The standard InChI is InChI=1S/C16H26N2O3/c1-12(14-8-6-10-20-14)17-13-7-5-9-18(11-13)15(19)21-16(2,3)4/h6,8,10,12-13,17H,5,7,9,11H2,1-4H3/t12-,13?/m0/s1. The normalized spacial score (nSPS) is 21.1. The summed E-state index contributed by atoms with van der Waals surface area (Å²) in [4.78, 5) is 13.9. The van der Waals surface area contributed by atoms with Crippen LogP contribution in [0.2, 0.25) is 0 Å². The van der Waals surface area contributed by atoms with Crippen LogP contribution in [0.1, 0.15) is 52.3 Å². The van der Waals surface area contributed by atoms with E-state index in [4.69, 9.17) is 9.15 Å². The highest BCUT2D eigenvalue weighted by Gasteiger charge is 2.28. The first-order valence-corrected chi connectivity index (χ1v) is 7.62. The molecule has 1 aliphatic heterocycles. The molecule has 1 aromatic rings. The number of carbonyl (C=O) groups excluding carboxylic acids is 1. The number of carbonyl (C=O) groups is 1. The molecule has 5 nitrogen and oxygen atoms in total. The van der Waals surface area contributed by atoms with Crippen LogP contribution in [-0.2, 0) is 4.74 Å². The molecule has 0 aromatic carbocycles. The Morgan fingerprint density at radius 1 is 1.52 bits per heavy atom. The minimum Gasteiger partial charge on any atom is -0.468 e. The molecule has 0 radical (unpaired) electrons. The van der Waals surface area contributed by atoms with Crippen LogP contribution < -0.4 is 5.32 Å².